The molecule has 98 valence electrons. The summed E-state index contributed by atoms with van der Waals surface area (Å²) in [4.78, 5) is 7.64. The molecule has 0 unspecified atom stereocenters. The van der Waals surface area contributed by atoms with E-state index in [1.165, 1.54) is 10.9 Å². The minimum atomic E-state index is -0.184. The van der Waals surface area contributed by atoms with Gasteiger partial charge in [0.25, 0.3) is 0 Å². The van der Waals surface area contributed by atoms with Crippen LogP contribution in [0.1, 0.15) is 30.2 Å². The van der Waals surface area contributed by atoms with E-state index in [4.69, 9.17) is 5.73 Å². The highest BCUT2D eigenvalue weighted by molar-refractivity contribution is 5.83. The molecule has 2 aromatic heterocycles. The fourth-order valence-electron chi connectivity index (χ4n) is 2.26. The summed E-state index contributed by atoms with van der Waals surface area (Å²) in [5.74, 6) is 1.56. The number of nitrogens with zero attached hydrogens (tertiary/aromatic N) is 2. The number of aryl methyl sites for hydroxylation is 1. The Morgan fingerprint density at radius 2 is 2.16 bits per heavy atom. The number of nitrogens with two attached hydrogens (primary N) is 1. The van der Waals surface area contributed by atoms with Crippen LogP contribution in [0.3, 0.4) is 0 Å². The standard InChI is InChI=1S/C14H17N5/c1-2-13-17-14(19-18-13)11(15)7-9-8-16-12-6-4-3-5-10(9)12/h3-6,8,11,16H,2,7,15H2,1H3,(H,17,18,19)/t11-/m1/s1. The van der Waals surface area contributed by atoms with Crippen molar-refractivity contribution in [2.45, 2.75) is 25.8 Å². The van der Waals surface area contributed by atoms with Gasteiger partial charge < -0.3 is 10.7 Å². The molecule has 0 saturated carbocycles. The predicted molar refractivity (Wildman–Crippen MR) is 74.7 cm³/mol. The lowest BCUT2D eigenvalue weighted by Gasteiger charge is -2.06. The van der Waals surface area contributed by atoms with E-state index in [0.29, 0.717) is 5.82 Å². The Balaban J connectivity index is 1.84. The highest BCUT2D eigenvalue weighted by atomic mass is 15.2. The molecule has 0 aliphatic carbocycles. The molecule has 1 atom stereocenters. The Bertz CT molecular complexity index is 682. The predicted octanol–water partition coefficient (Wildman–Crippen LogP) is 2.09. The molecule has 0 radical (unpaired) electrons. The molecule has 0 aliphatic heterocycles. The molecule has 0 amide bonds. The van der Waals surface area contributed by atoms with Crippen molar-refractivity contribution in [3.05, 3.63) is 47.7 Å². The monoisotopic (exact) mass is 255 g/mol. The zero-order chi connectivity index (χ0) is 13.2. The molecular formula is C14H17N5. The van der Waals surface area contributed by atoms with Gasteiger partial charge in [-0.3, -0.25) is 5.10 Å². The number of hydrogen-bond acceptors (Lipinski definition) is 3. The van der Waals surface area contributed by atoms with Gasteiger partial charge in [-0.25, -0.2) is 4.98 Å². The maximum Gasteiger partial charge on any atom is 0.167 e. The highest BCUT2D eigenvalue weighted by Crippen LogP contribution is 2.21. The maximum absolute atomic E-state index is 6.19. The summed E-state index contributed by atoms with van der Waals surface area (Å²) in [6.07, 6.45) is 3.58. The minimum absolute atomic E-state index is 0.184. The smallest absolute Gasteiger partial charge is 0.167 e. The van der Waals surface area contributed by atoms with E-state index in [2.05, 4.69) is 32.3 Å². The average molecular weight is 255 g/mol. The van der Waals surface area contributed by atoms with E-state index in [-0.39, 0.29) is 6.04 Å². The van der Waals surface area contributed by atoms with E-state index < -0.39 is 0 Å². The van der Waals surface area contributed by atoms with E-state index in [9.17, 15) is 0 Å². The molecule has 19 heavy (non-hydrogen) atoms. The van der Waals surface area contributed by atoms with Crippen LogP contribution in [0.2, 0.25) is 0 Å². The van der Waals surface area contributed by atoms with Crippen LogP contribution in [-0.2, 0) is 12.8 Å². The highest BCUT2D eigenvalue weighted by Gasteiger charge is 2.14. The van der Waals surface area contributed by atoms with Crippen LogP contribution >= 0.6 is 0 Å². The van der Waals surface area contributed by atoms with Gasteiger partial charge in [-0.15, -0.1) is 0 Å². The molecular weight excluding hydrogens is 238 g/mol. The summed E-state index contributed by atoms with van der Waals surface area (Å²) >= 11 is 0. The van der Waals surface area contributed by atoms with E-state index in [0.717, 1.165) is 24.2 Å². The Morgan fingerprint density at radius 3 is 2.95 bits per heavy atom. The Hall–Kier alpha value is -2.14. The Kier molecular flexibility index (Phi) is 3.05. The van der Waals surface area contributed by atoms with Crippen molar-refractivity contribution in [2.24, 2.45) is 5.73 Å². The summed E-state index contributed by atoms with van der Waals surface area (Å²) in [7, 11) is 0. The first-order valence-electron chi connectivity index (χ1n) is 6.49. The van der Waals surface area contributed by atoms with E-state index in [1.807, 2.05) is 25.3 Å². The third-order valence-corrected chi connectivity index (χ3v) is 3.33. The third-order valence-electron chi connectivity index (χ3n) is 3.33. The normalized spacial score (nSPS) is 12.9. The molecule has 3 aromatic rings. The van der Waals surface area contributed by atoms with Crippen LogP contribution in [0, 0.1) is 0 Å². The van der Waals surface area contributed by atoms with Gasteiger partial charge in [0.2, 0.25) is 0 Å². The second kappa shape index (κ2) is 4.85. The maximum atomic E-state index is 6.19. The molecule has 0 bridgehead atoms. The third kappa shape index (κ3) is 2.24. The fraction of sp³-hybridized carbons (Fsp3) is 0.286. The summed E-state index contributed by atoms with van der Waals surface area (Å²) in [5.41, 5.74) is 8.52. The van der Waals surface area contributed by atoms with Crippen LogP contribution in [0.25, 0.3) is 10.9 Å². The van der Waals surface area contributed by atoms with Crippen LogP contribution in [0.5, 0.6) is 0 Å². The number of hydrogen-bond donors (Lipinski definition) is 3. The van der Waals surface area contributed by atoms with Crippen LogP contribution in [0.15, 0.2) is 30.5 Å². The van der Waals surface area contributed by atoms with E-state index in [1.54, 1.807) is 0 Å². The number of aromatic nitrogens is 4. The number of rotatable bonds is 4. The van der Waals surface area contributed by atoms with Gasteiger partial charge in [0.1, 0.15) is 5.82 Å². The molecule has 0 aliphatic rings. The molecule has 0 fully saturated rings. The molecule has 3 rings (SSSR count). The van der Waals surface area contributed by atoms with Crippen LogP contribution < -0.4 is 5.73 Å². The second-order valence-corrected chi connectivity index (χ2v) is 4.66. The number of aromatic amines is 2. The van der Waals surface area contributed by atoms with Gasteiger partial charge in [-0.05, 0) is 18.1 Å². The first kappa shape index (κ1) is 11.9. The van der Waals surface area contributed by atoms with Gasteiger partial charge in [-0.1, -0.05) is 25.1 Å². The summed E-state index contributed by atoms with van der Waals surface area (Å²) in [5, 5.41) is 8.29. The minimum Gasteiger partial charge on any atom is -0.361 e. The number of fused-ring (bicyclic) bond motifs is 1. The summed E-state index contributed by atoms with van der Waals surface area (Å²) < 4.78 is 0. The van der Waals surface area contributed by atoms with Crippen molar-refractivity contribution in [3.63, 3.8) is 0 Å². The first-order chi connectivity index (χ1) is 9.28. The fourth-order valence-corrected chi connectivity index (χ4v) is 2.26. The van der Waals surface area contributed by atoms with Crippen LogP contribution in [0.4, 0.5) is 0 Å². The topological polar surface area (TPSA) is 83.4 Å². The lowest BCUT2D eigenvalue weighted by Crippen LogP contribution is -2.15. The van der Waals surface area contributed by atoms with Crippen molar-refractivity contribution in [1.29, 1.82) is 0 Å². The molecule has 5 nitrogen and oxygen atoms in total. The van der Waals surface area contributed by atoms with Gasteiger partial charge in [0.15, 0.2) is 5.82 Å². The molecule has 1 aromatic carbocycles. The Morgan fingerprint density at radius 1 is 1.32 bits per heavy atom. The first-order valence-corrected chi connectivity index (χ1v) is 6.49. The van der Waals surface area contributed by atoms with Crippen molar-refractivity contribution in [2.75, 3.05) is 0 Å². The summed E-state index contributed by atoms with van der Waals surface area (Å²) in [6, 6.07) is 8.03. The van der Waals surface area contributed by atoms with Crippen molar-refractivity contribution in [3.8, 4) is 0 Å². The zero-order valence-corrected chi connectivity index (χ0v) is 10.9. The van der Waals surface area contributed by atoms with Crippen LogP contribution in [-0.4, -0.2) is 20.2 Å². The van der Waals surface area contributed by atoms with Crippen molar-refractivity contribution in [1.82, 2.24) is 20.2 Å². The van der Waals surface area contributed by atoms with Gasteiger partial charge in [0, 0.05) is 23.5 Å². The second-order valence-electron chi connectivity index (χ2n) is 4.66. The van der Waals surface area contributed by atoms with Gasteiger partial charge in [0.05, 0.1) is 6.04 Å². The van der Waals surface area contributed by atoms with Crippen molar-refractivity contribution >= 4 is 10.9 Å². The SMILES string of the molecule is CCc1nc([C@H](N)Cc2c[nH]c3ccccc23)n[nH]1. The zero-order valence-electron chi connectivity index (χ0n) is 10.9. The largest absolute Gasteiger partial charge is 0.361 e. The van der Waals surface area contributed by atoms with Crippen molar-refractivity contribution < 1.29 is 0 Å². The lowest BCUT2D eigenvalue weighted by molar-refractivity contribution is 0.673. The average Bonchev–Trinajstić information content (AvgIpc) is 3.06. The van der Waals surface area contributed by atoms with Gasteiger partial charge in [-0.2, -0.15) is 5.10 Å². The van der Waals surface area contributed by atoms with E-state index >= 15 is 0 Å². The molecule has 5 heteroatoms. The van der Waals surface area contributed by atoms with Gasteiger partial charge >= 0.3 is 0 Å². The Labute approximate surface area is 111 Å². The number of H-pyrrole nitrogens is 2. The number of para-hydroxylation sites is 1. The molecule has 0 saturated heterocycles. The molecule has 2 heterocycles. The molecule has 4 N–H and O–H groups in total. The number of nitrogens with one attached hydrogen (secondary N) is 2. The lowest BCUT2D eigenvalue weighted by atomic mass is 10.1. The number of benzene rings is 1. The quantitative estimate of drug-likeness (QED) is 0.667. The summed E-state index contributed by atoms with van der Waals surface area (Å²) in [6.45, 7) is 2.04. The molecule has 0 spiro atoms.